The van der Waals surface area contributed by atoms with Crippen LogP contribution in [-0.4, -0.2) is 63.1 Å². The van der Waals surface area contributed by atoms with E-state index < -0.39 is 0 Å². The lowest BCUT2D eigenvalue weighted by Crippen LogP contribution is -2.49. The number of para-hydroxylation sites is 1. The van der Waals surface area contributed by atoms with E-state index in [9.17, 15) is 4.79 Å². The lowest BCUT2D eigenvalue weighted by atomic mass is 9.88. The largest absolute Gasteiger partial charge is 0.361 e. The summed E-state index contributed by atoms with van der Waals surface area (Å²) < 4.78 is 0. The molecule has 3 heterocycles. The number of H-pyrrole nitrogens is 2. The van der Waals surface area contributed by atoms with Gasteiger partial charge in [-0.25, -0.2) is 0 Å². The number of piperazine rings is 1. The molecule has 2 aromatic heterocycles. The van der Waals surface area contributed by atoms with E-state index in [0.717, 1.165) is 51.0 Å². The third-order valence-corrected chi connectivity index (χ3v) is 6.87. The molecule has 0 saturated carbocycles. The number of hydrogen-bond donors (Lipinski definition) is 2. The first-order valence-corrected chi connectivity index (χ1v) is 12.4. The molecule has 3 aromatic rings. The summed E-state index contributed by atoms with van der Waals surface area (Å²) in [4.78, 5) is 25.7. The lowest BCUT2D eigenvalue weighted by Gasteiger charge is -2.36. The van der Waals surface area contributed by atoms with Gasteiger partial charge in [0.05, 0.1) is 0 Å². The van der Waals surface area contributed by atoms with Gasteiger partial charge >= 0.3 is 0 Å². The van der Waals surface area contributed by atoms with Gasteiger partial charge in [-0.1, -0.05) is 38.5 Å². The van der Waals surface area contributed by atoms with Gasteiger partial charge in [-0.05, 0) is 50.2 Å². The summed E-state index contributed by atoms with van der Waals surface area (Å²) in [6.07, 6.45) is 5.62. The average Bonchev–Trinajstić information content (AvgIpc) is 3.45. The summed E-state index contributed by atoms with van der Waals surface area (Å²) in [6, 6.07) is 8.93. The maximum Gasteiger partial charge on any atom is 0.245 e. The highest BCUT2D eigenvalue weighted by atomic mass is 16.1. The van der Waals surface area contributed by atoms with Crippen LogP contribution in [0.4, 0.5) is 5.95 Å². The number of fused-ring (bicyclic) bond motifs is 1. The standard InChI is InChI=1S/C26H38N6O/c1-18(2)9-10-20(15-21-17-27-23-8-6-5-7-22(21)23)16-24(33)25-28-26(30-29-25)32-13-11-31(12-14-32)19(3)4/h5-8,17-20,27H,9-16H2,1-4H3,(H,28,29,30). The van der Waals surface area contributed by atoms with Crippen LogP contribution in [0.15, 0.2) is 30.5 Å². The zero-order chi connectivity index (χ0) is 23.4. The molecule has 0 amide bonds. The Morgan fingerprint density at radius 2 is 1.82 bits per heavy atom. The third kappa shape index (κ3) is 5.82. The second-order valence-corrected chi connectivity index (χ2v) is 10.1. The van der Waals surface area contributed by atoms with Crippen LogP contribution in [0.2, 0.25) is 0 Å². The van der Waals surface area contributed by atoms with Crippen LogP contribution in [0.3, 0.4) is 0 Å². The quantitative estimate of drug-likeness (QED) is 0.438. The van der Waals surface area contributed by atoms with Crippen molar-refractivity contribution >= 4 is 22.6 Å². The topological polar surface area (TPSA) is 80.9 Å². The molecule has 33 heavy (non-hydrogen) atoms. The molecule has 2 N–H and O–H groups in total. The summed E-state index contributed by atoms with van der Waals surface area (Å²) in [5.74, 6) is 2.00. The summed E-state index contributed by atoms with van der Waals surface area (Å²) in [7, 11) is 0. The van der Waals surface area contributed by atoms with Gasteiger partial charge in [0.15, 0.2) is 11.6 Å². The zero-order valence-corrected chi connectivity index (χ0v) is 20.5. The minimum atomic E-state index is 0.0585. The first-order chi connectivity index (χ1) is 15.9. The first kappa shape index (κ1) is 23.5. The number of ketones is 1. The molecule has 1 atom stereocenters. The van der Waals surface area contributed by atoms with Crippen molar-refractivity contribution in [3.05, 3.63) is 41.9 Å². The van der Waals surface area contributed by atoms with Crippen molar-refractivity contribution in [1.29, 1.82) is 0 Å². The molecule has 0 radical (unpaired) electrons. The van der Waals surface area contributed by atoms with E-state index in [2.05, 4.69) is 82.1 Å². The molecular formula is C26H38N6O. The molecular weight excluding hydrogens is 412 g/mol. The summed E-state index contributed by atoms with van der Waals surface area (Å²) in [5.41, 5.74) is 2.44. The molecule has 0 spiro atoms. The number of anilines is 1. The van der Waals surface area contributed by atoms with Crippen LogP contribution in [0.5, 0.6) is 0 Å². The van der Waals surface area contributed by atoms with Gasteiger partial charge in [-0.3, -0.25) is 14.8 Å². The fourth-order valence-corrected chi connectivity index (χ4v) is 4.77. The number of carbonyl (C=O) groups is 1. The van der Waals surface area contributed by atoms with Crippen LogP contribution < -0.4 is 4.90 Å². The fraction of sp³-hybridized carbons (Fsp3) is 0.577. The Kier molecular flexibility index (Phi) is 7.48. The second kappa shape index (κ2) is 10.5. The van der Waals surface area contributed by atoms with Crippen molar-refractivity contribution in [2.75, 3.05) is 31.1 Å². The first-order valence-electron chi connectivity index (χ1n) is 12.4. The van der Waals surface area contributed by atoms with Crippen molar-refractivity contribution in [1.82, 2.24) is 25.1 Å². The Hall–Kier alpha value is -2.67. The highest BCUT2D eigenvalue weighted by Crippen LogP contribution is 2.26. The number of aromatic nitrogens is 4. The van der Waals surface area contributed by atoms with E-state index in [0.29, 0.717) is 30.2 Å². The predicted molar refractivity (Wildman–Crippen MR) is 134 cm³/mol. The van der Waals surface area contributed by atoms with Crippen molar-refractivity contribution < 1.29 is 4.79 Å². The molecule has 1 aliphatic heterocycles. The van der Waals surface area contributed by atoms with E-state index >= 15 is 0 Å². The molecule has 4 rings (SSSR count). The van der Waals surface area contributed by atoms with Crippen LogP contribution >= 0.6 is 0 Å². The smallest absolute Gasteiger partial charge is 0.245 e. The number of aromatic amines is 2. The molecule has 7 heteroatoms. The van der Waals surface area contributed by atoms with Gasteiger partial charge in [0.25, 0.3) is 0 Å². The van der Waals surface area contributed by atoms with E-state index in [-0.39, 0.29) is 11.7 Å². The number of Topliss-reactive ketones (excluding diaryl/α,β-unsaturated/α-hetero) is 1. The molecule has 1 unspecified atom stereocenters. The summed E-state index contributed by atoms with van der Waals surface area (Å²) >= 11 is 0. The maximum absolute atomic E-state index is 13.2. The second-order valence-electron chi connectivity index (χ2n) is 10.1. The van der Waals surface area contributed by atoms with Crippen molar-refractivity contribution in [3.8, 4) is 0 Å². The minimum Gasteiger partial charge on any atom is -0.361 e. The fourth-order valence-electron chi connectivity index (χ4n) is 4.77. The Morgan fingerprint density at radius 1 is 1.06 bits per heavy atom. The molecule has 0 bridgehead atoms. The highest BCUT2D eigenvalue weighted by Gasteiger charge is 2.24. The molecule has 0 aliphatic carbocycles. The van der Waals surface area contributed by atoms with Gasteiger partial charge in [0.1, 0.15) is 0 Å². The lowest BCUT2D eigenvalue weighted by molar-refractivity contribution is 0.0947. The van der Waals surface area contributed by atoms with E-state index in [1.165, 1.54) is 10.9 Å². The molecule has 178 valence electrons. The number of rotatable bonds is 10. The Labute approximate surface area is 197 Å². The van der Waals surface area contributed by atoms with E-state index in [1.807, 2.05) is 6.07 Å². The molecule has 1 saturated heterocycles. The number of hydrogen-bond acceptors (Lipinski definition) is 5. The maximum atomic E-state index is 13.2. The van der Waals surface area contributed by atoms with Gasteiger partial charge in [-0.2, -0.15) is 4.98 Å². The molecule has 1 aliphatic rings. The summed E-state index contributed by atoms with van der Waals surface area (Å²) in [6.45, 7) is 12.7. The number of nitrogens with one attached hydrogen (secondary N) is 2. The molecule has 7 nitrogen and oxygen atoms in total. The average molecular weight is 451 g/mol. The van der Waals surface area contributed by atoms with Gasteiger partial charge in [0, 0.05) is 55.7 Å². The monoisotopic (exact) mass is 450 g/mol. The Balaban J connectivity index is 1.41. The highest BCUT2D eigenvalue weighted by molar-refractivity contribution is 5.93. The van der Waals surface area contributed by atoms with Crippen molar-refractivity contribution in [2.45, 2.75) is 59.4 Å². The van der Waals surface area contributed by atoms with E-state index in [1.54, 1.807) is 0 Å². The van der Waals surface area contributed by atoms with Crippen molar-refractivity contribution in [3.63, 3.8) is 0 Å². The predicted octanol–water partition coefficient (Wildman–Crippen LogP) is 4.68. The third-order valence-electron chi connectivity index (χ3n) is 6.87. The molecule has 1 aromatic carbocycles. The van der Waals surface area contributed by atoms with Crippen LogP contribution in [0, 0.1) is 11.8 Å². The number of benzene rings is 1. The normalized spacial score (nSPS) is 16.2. The zero-order valence-electron chi connectivity index (χ0n) is 20.5. The van der Waals surface area contributed by atoms with Gasteiger partial charge in [0.2, 0.25) is 5.95 Å². The van der Waals surface area contributed by atoms with Gasteiger partial charge in [-0.15, -0.1) is 5.10 Å². The van der Waals surface area contributed by atoms with Crippen molar-refractivity contribution in [2.24, 2.45) is 11.8 Å². The van der Waals surface area contributed by atoms with Gasteiger partial charge < -0.3 is 9.88 Å². The SMILES string of the molecule is CC(C)CCC(CC(=O)c1nc(N2CCN(C(C)C)CC2)n[nH]1)Cc1c[nH]c2ccccc12. The minimum absolute atomic E-state index is 0.0585. The number of nitrogens with zero attached hydrogens (tertiary/aromatic N) is 4. The number of carbonyl (C=O) groups excluding carboxylic acids is 1. The van der Waals surface area contributed by atoms with Crippen LogP contribution in [0.1, 0.15) is 63.1 Å². The Bertz CT molecular complexity index is 1040. The summed E-state index contributed by atoms with van der Waals surface area (Å²) in [5, 5.41) is 8.55. The van der Waals surface area contributed by atoms with E-state index in [4.69, 9.17) is 0 Å². The Morgan fingerprint density at radius 3 is 2.55 bits per heavy atom. The van der Waals surface area contributed by atoms with Crippen LogP contribution in [0.25, 0.3) is 10.9 Å². The van der Waals surface area contributed by atoms with Crippen LogP contribution in [-0.2, 0) is 6.42 Å². The molecule has 1 fully saturated rings.